The number of aromatic nitrogens is 3. The Morgan fingerprint density at radius 2 is 2.07 bits per heavy atom. The van der Waals surface area contributed by atoms with E-state index >= 15 is 0 Å². The summed E-state index contributed by atoms with van der Waals surface area (Å²) >= 11 is 9.14. The lowest BCUT2D eigenvalue weighted by atomic mass is 10.1. The lowest BCUT2D eigenvalue weighted by Crippen LogP contribution is -2.13. The molecule has 2 N–H and O–H groups in total. The minimum atomic E-state index is -4.63. The summed E-state index contributed by atoms with van der Waals surface area (Å²) in [5.41, 5.74) is 0.0406. The number of nitrogens with one attached hydrogen (secondary N) is 2. The molecular formula is C17H11BrClF3N4O. The van der Waals surface area contributed by atoms with Crippen LogP contribution in [0.2, 0.25) is 5.28 Å². The van der Waals surface area contributed by atoms with Crippen LogP contribution in [0.5, 0.6) is 0 Å². The van der Waals surface area contributed by atoms with Gasteiger partial charge in [0.05, 0.1) is 21.4 Å². The van der Waals surface area contributed by atoms with Gasteiger partial charge in [-0.2, -0.15) is 13.2 Å². The number of halogens is 5. The molecule has 1 aliphatic carbocycles. The molecule has 27 heavy (non-hydrogen) atoms. The van der Waals surface area contributed by atoms with Gasteiger partial charge < -0.3 is 10.3 Å². The highest BCUT2D eigenvalue weighted by molar-refractivity contribution is 9.10. The van der Waals surface area contributed by atoms with Gasteiger partial charge in [0.25, 0.3) is 0 Å². The van der Waals surface area contributed by atoms with Crippen LogP contribution in [0.15, 0.2) is 29.0 Å². The van der Waals surface area contributed by atoms with Gasteiger partial charge >= 0.3 is 6.18 Å². The van der Waals surface area contributed by atoms with Crippen LogP contribution in [0.3, 0.4) is 0 Å². The molecule has 0 spiro atoms. The molecule has 10 heteroatoms. The normalized spacial score (nSPS) is 14.6. The van der Waals surface area contributed by atoms with E-state index < -0.39 is 11.7 Å². The number of fused-ring (bicyclic) bond motifs is 1. The molecule has 1 saturated carbocycles. The zero-order valence-corrected chi connectivity index (χ0v) is 15.8. The molecule has 2 aromatic heterocycles. The standard InChI is InChI=1S/C17H11BrClF3N4O/c18-12-11(25-15(27)7-1-2-7)4-3-8-9(5-23-14(8)12)13-10(17(20,21)22)6-24-16(19)26-13/h3-7,23H,1-2H2,(H,25,27). The van der Waals surface area contributed by atoms with Gasteiger partial charge in [-0.1, -0.05) is 6.07 Å². The average Bonchev–Trinajstić information content (AvgIpc) is 3.36. The fourth-order valence-corrected chi connectivity index (χ4v) is 3.50. The molecule has 1 amide bonds. The van der Waals surface area contributed by atoms with Gasteiger partial charge in [-0.15, -0.1) is 0 Å². The number of hydrogen-bond acceptors (Lipinski definition) is 3. The minimum absolute atomic E-state index is 0.0318. The Bertz CT molecular complexity index is 1060. The van der Waals surface area contributed by atoms with Gasteiger partial charge in [0, 0.05) is 29.3 Å². The maximum absolute atomic E-state index is 13.4. The molecule has 0 unspecified atom stereocenters. The molecule has 0 atom stereocenters. The smallest absolute Gasteiger partial charge is 0.360 e. The largest absolute Gasteiger partial charge is 0.419 e. The third kappa shape index (κ3) is 3.41. The van der Waals surface area contributed by atoms with Crippen LogP contribution in [0.25, 0.3) is 22.2 Å². The molecule has 0 bridgehead atoms. The van der Waals surface area contributed by atoms with Gasteiger partial charge in [-0.05, 0) is 46.4 Å². The number of alkyl halides is 3. The summed E-state index contributed by atoms with van der Waals surface area (Å²) in [5, 5.41) is 3.05. The summed E-state index contributed by atoms with van der Waals surface area (Å²) in [6, 6.07) is 3.27. The molecule has 1 aliphatic rings. The predicted octanol–water partition coefficient (Wildman–Crippen LogP) is 5.41. The number of amides is 1. The van der Waals surface area contributed by atoms with Crippen LogP contribution >= 0.6 is 27.5 Å². The Morgan fingerprint density at radius 1 is 1.33 bits per heavy atom. The first kappa shape index (κ1) is 18.2. The first-order valence-corrected chi connectivity index (χ1v) is 9.13. The number of rotatable bonds is 3. The Hall–Kier alpha value is -2.13. The average molecular weight is 460 g/mol. The quantitative estimate of drug-likeness (QED) is 0.515. The van der Waals surface area contributed by atoms with Crippen molar-refractivity contribution in [1.82, 2.24) is 15.0 Å². The third-order valence-electron chi connectivity index (χ3n) is 4.32. The fraction of sp³-hybridized carbons (Fsp3) is 0.235. The van der Waals surface area contributed by atoms with Crippen molar-refractivity contribution in [2.75, 3.05) is 5.32 Å². The maximum Gasteiger partial charge on any atom is 0.419 e. The highest BCUT2D eigenvalue weighted by Crippen LogP contribution is 2.41. The van der Waals surface area contributed by atoms with Gasteiger partial charge in [0.1, 0.15) is 5.56 Å². The Kier molecular flexibility index (Phi) is 4.38. The number of anilines is 1. The van der Waals surface area contributed by atoms with E-state index in [4.69, 9.17) is 11.6 Å². The first-order chi connectivity index (χ1) is 12.8. The van der Waals surface area contributed by atoms with E-state index in [-0.39, 0.29) is 28.4 Å². The van der Waals surface area contributed by atoms with Crippen molar-refractivity contribution in [3.63, 3.8) is 0 Å². The van der Waals surface area contributed by atoms with Gasteiger partial charge in [-0.3, -0.25) is 4.79 Å². The first-order valence-electron chi connectivity index (χ1n) is 7.96. The molecule has 3 aromatic rings. The van der Waals surface area contributed by atoms with Crippen molar-refractivity contribution in [1.29, 1.82) is 0 Å². The highest BCUT2D eigenvalue weighted by Gasteiger charge is 2.36. The lowest BCUT2D eigenvalue weighted by Gasteiger charge is -2.11. The maximum atomic E-state index is 13.4. The molecule has 1 aromatic carbocycles. The Morgan fingerprint density at radius 3 is 2.74 bits per heavy atom. The van der Waals surface area contributed by atoms with Crippen molar-refractivity contribution in [3.05, 3.63) is 39.8 Å². The molecule has 4 rings (SSSR count). The van der Waals surface area contributed by atoms with Crippen LogP contribution in [0, 0.1) is 5.92 Å². The fourth-order valence-electron chi connectivity index (χ4n) is 2.81. The van der Waals surface area contributed by atoms with Crippen LogP contribution in [-0.4, -0.2) is 20.9 Å². The monoisotopic (exact) mass is 458 g/mol. The predicted molar refractivity (Wildman–Crippen MR) is 98.4 cm³/mol. The molecule has 2 heterocycles. The van der Waals surface area contributed by atoms with E-state index in [0.29, 0.717) is 27.3 Å². The topological polar surface area (TPSA) is 70.7 Å². The summed E-state index contributed by atoms with van der Waals surface area (Å²) in [6.07, 6.45) is -0.794. The number of aromatic amines is 1. The van der Waals surface area contributed by atoms with Crippen molar-refractivity contribution < 1.29 is 18.0 Å². The van der Waals surface area contributed by atoms with Crippen molar-refractivity contribution in [3.8, 4) is 11.3 Å². The lowest BCUT2D eigenvalue weighted by molar-refractivity contribution is -0.137. The van der Waals surface area contributed by atoms with Gasteiger partial charge in [-0.25, -0.2) is 9.97 Å². The summed E-state index contributed by atoms with van der Waals surface area (Å²) in [6.45, 7) is 0. The number of nitrogens with zero attached hydrogens (tertiary/aromatic N) is 2. The molecule has 140 valence electrons. The zero-order chi connectivity index (χ0) is 19.3. The molecule has 0 saturated heterocycles. The SMILES string of the molecule is O=C(Nc1ccc2c(-c3nc(Cl)ncc3C(F)(F)F)c[nH]c2c1Br)C1CC1. The molecule has 1 fully saturated rings. The summed E-state index contributed by atoms with van der Waals surface area (Å²) in [7, 11) is 0. The second kappa shape index (κ2) is 6.49. The van der Waals surface area contributed by atoms with E-state index in [1.54, 1.807) is 12.1 Å². The second-order valence-corrected chi connectivity index (χ2v) is 7.35. The number of benzene rings is 1. The summed E-state index contributed by atoms with van der Waals surface area (Å²) in [4.78, 5) is 22.2. The van der Waals surface area contributed by atoms with Crippen molar-refractivity contribution in [2.45, 2.75) is 19.0 Å². The minimum Gasteiger partial charge on any atom is -0.360 e. The number of carbonyl (C=O) groups excluding carboxylic acids is 1. The van der Waals surface area contributed by atoms with E-state index in [2.05, 4.69) is 36.2 Å². The number of hydrogen-bond donors (Lipinski definition) is 2. The molecule has 5 nitrogen and oxygen atoms in total. The van der Waals surface area contributed by atoms with Gasteiger partial charge in [0.2, 0.25) is 11.2 Å². The van der Waals surface area contributed by atoms with Crippen LogP contribution < -0.4 is 5.32 Å². The molecule has 0 radical (unpaired) electrons. The molecule has 0 aliphatic heterocycles. The summed E-state index contributed by atoms with van der Waals surface area (Å²) < 4.78 is 40.6. The number of carbonyl (C=O) groups is 1. The van der Waals surface area contributed by atoms with E-state index in [9.17, 15) is 18.0 Å². The Labute approximate surface area is 164 Å². The second-order valence-electron chi connectivity index (χ2n) is 6.21. The van der Waals surface area contributed by atoms with Crippen molar-refractivity contribution in [2.24, 2.45) is 5.92 Å². The van der Waals surface area contributed by atoms with Crippen molar-refractivity contribution >= 4 is 50.0 Å². The van der Waals surface area contributed by atoms with Crippen LogP contribution in [-0.2, 0) is 11.0 Å². The number of H-pyrrole nitrogens is 1. The summed E-state index contributed by atoms with van der Waals surface area (Å²) in [5.74, 6) is -0.0342. The van der Waals surface area contributed by atoms with Crippen LogP contribution in [0.4, 0.5) is 18.9 Å². The zero-order valence-electron chi connectivity index (χ0n) is 13.5. The van der Waals surface area contributed by atoms with Gasteiger partial charge in [0.15, 0.2) is 0 Å². The van der Waals surface area contributed by atoms with E-state index in [1.165, 1.54) is 6.20 Å². The van der Waals surface area contributed by atoms with Crippen LogP contribution in [0.1, 0.15) is 18.4 Å². The molecular weight excluding hydrogens is 449 g/mol. The highest BCUT2D eigenvalue weighted by atomic mass is 79.9. The third-order valence-corrected chi connectivity index (χ3v) is 5.32. The van der Waals surface area contributed by atoms with E-state index in [1.807, 2.05) is 0 Å². The van der Waals surface area contributed by atoms with E-state index in [0.717, 1.165) is 12.8 Å². The Balaban J connectivity index is 1.82.